The van der Waals surface area contributed by atoms with Gasteiger partial charge in [0.2, 0.25) is 5.91 Å². The van der Waals surface area contributed by atoms with Gasteiger partial charge in [-0.15, -0.1) is 0 Å². The lowest BCUT2D eigenvalue weighted by Gasteiger charge is -2.39. The number of anilines is 1. The zero-order chi connectivity index (χ0) is 25.9. The topological polar surface area (TPSA) is 96.4 Å². The molecule has 8 heteroatoms. The van der Waals surface area contributed by atoms with Gasteiger partial charge in [0.1, 0.15) is 24.2 Å². The Morgan fingerprint density at radius 1 is 1.05 bits per heavy atom. The van der Waals surface area contributed by atoms with Gasteiger partial charge in [-0.1, -0.05) is 62.4 Å². The van der Waals surface area contributed by atoms with Crippen LogP contribution >= 0.6 is 0 Å². The van der Waals surface area contributed by atoms with Crippen LogP contribution < -0.4 is 4.90 Å². The van der Waals surface area contributed by atoms with E-state index < -0.39 is 41.6 Å². The Morgan fingerprint density at radius 3 is 2.59 bits per heavy atom. The fraction of sp³-hybridized carbons (Fsp3) is 0.414. The number of carbonyl (C=O) groups is 3. The van der Waals surface area contributed by atoms with Crippen LogP contribution in [0.25, 0.3) is 10.8 Å². The third-order valence-corrected chi connectivity index (χ3v) is 8.21. The zero-order valence-electron chi connectivity index (χ0n) is 20.8. The number of esters is 1. The number of ether oxygens (including phenoxy) is 2. The summed E-state index contributed by atoms with van der Waals surface area (Å²) in [5.41, 5.74) is -0.643. The van der Waals surface area contributed by atoms with Gasteiger partial charge in [-0.3, -0.25) is 14.4 Å². The van der Waals surface area contributed by atoms with Gasteiger partial charge in [-0.25, -0.2) is 0 Å². The Labute approximate surface area is 215 Å². The summed E-state index contributed by atoms with van der Waals surface area (Å²) in [6, 6.07) is 12.1. The number of hydrogen-bond donors (Lipinski definition) is 1. The smallest absolute Gasteiger partial charge is 0.313 e. The van der Waals surface area contributed by atoms with Gasteiger partial charge < -0.3 is 24.4 Å². The molecule has 1 N–H and O–H groups in total. The van der Waals surface area contributed by atoms with Crippen molar-refractivity contribution in [1.82, 2.24) is 4.90 Å². The van der Waals surface area contributed by atoms with Crippen LogP contribution in [0.5, 0.6) is 0 Å². The van der Waals surface area contributed by atoms with Gasteiger partial charge in [0, 0.05) is 12.2 Å². The van der Waals surface area contributed by atoms with Crippen molar-refractivity contribution < 1.29 is 29.0 Å². The molecule has 4 aliphatic heterocycles. The lowest BCUT2D eigenvalue weighted by atomic mass is 9.78. The first-order chi connectivity index (χ1) is 17.9. The Bertz CT molecular complexity index is 1330. The highest BCUT2D eigenvalue weighted by molar-refractivity contribution is 6.06. The summed E-state index contributed by atoms with van der Waals surface area (Å²) in [5, 5.41) is 12.4. The van der Waals surface area contributed by atoms with Crippen LogP contribution in [0.3, 0.4) is 0 Å². The number of amides is 2. The standard InChI is InChI=1S/C29H30N2O6/c1-17(2)21(16-32)31-25-27(34)30(20-11-10-18-7-3-4-8-19(18)15-20)13-6-12-29(25)24(26(31)33)23-22(37-29)9-5-14-36-28(23)35/h3-12,15,17,21-25,32H,13-14,16H2,1-2H3/t21-,22+,23-,24-,25?,29-/m0/s1. The van der Waals surface area contributed by atoms with E-state index in [-0.39, 0.29) is 37.5 Å². The summed E-state index contributed by atoms with van der Waals surface area (Å²) in [4.78, 5) is 44.8. The molecule has 4 aliphatic rings. The molecule has 0 aromatic heterocycles. The molecule has 1 unspecified atom stereocenters. The Hall–Kier alpha value is -3.49. The highest BCUT2D eigenvalue weighted by atomic mass is 16.6. The van der Waals surface area contributed by atoms with E-state index in [1.54, 1.807) is 23.1 Å². The normalized spacial score (nSPS) is 31.7. The minimum atomic E-state index is -1.35. The van der Waals surface area contributed by atoms with Crippen LogP contribution in [0.4, 0.5) is 5.69 Å². The van der Waals surface area contributed by atoms with E-state index in [1.807, 2.05) is 62.4 Å². The van der Waals surface area contributed by atoms with E-state index in [9.17, 15) is 19.5 Å². The number of fused-ring (bicyclic) bond motifs is 3. The molecule has 6 atom stereocenters. The molecule has 2 aromatic rings. The van der Waals surface area contributed by atoms with Crippen molar-refractivity contribution in [3.8, 4) is 0 Å². The fourth-order valence-electron chi connectivity index (χ4n) is 6.46. The van der Waals surface area contributed by atoms with E-state index in [0.717, 1.165) is 10.8 Å². The lowest BCUT2D eigenvalue weighted by molar-refractivity contribution is -0.154. The molecule has 0 aliphatic carbocycles. The number of likely N-dealkylation sites (tertiary alicyclic amines) is 1. The quantitative estimate of drug-likeness (QED) is 0.510. The minimum Gasteiger partial charge on any atom is -0.461 e. The molecule has 192 valence electrons. The second-order valence-electron chi connectivity index (χ2n) is 10.5. The number of carbonyl (C=O) groups excluding carboxylic acids is 3. The van der Waals surface area contributed by atoms with Gasteiger partial charge in [0.15, 0.2) is 0 Å². The van der Waals surface area contributed by atoms with E-state index in [2.05, 4.69) is 0 Å². The predicted molar refractivity (Wildman–Crippen MR) is 136 cm³/mol. The van der Waals surface area contributed by atoms with Crippen molar-refractivity contribution in [2.45, 2.75) is 37.6 Å². The highest BCUT2D eigenvalue weighted by Gasteiger charge is 2.72. The number of aliphatic hydroxyl groups is 1. The number of nitrogens with zero attached hydrogens (tertiary/aromatic N) is 2. The number of hydrogen-bond acceptors (Lipinski definition) is 6. The van der Waals surface area contributed by atoms with Gasteiger partial charge in [0.05, 0.1) is 24.7 Å². The van der Waals surface area contributed by atoms with Crippen LogP contribution in [0.2, 0.25) is 0 Å². The lowest BCUT2D eigenvalue weighted by Crippen LogP contribution is -2.59. The summed E-state index contributed by atoms with van der Waals surface area (Å²) < 4.78 is 11.9. The number of rotatable bonds is 4. The highest BCUT2D eigenvalue weighted by Crippen LogP contribution is 2.54. The average Bonchev–Trinajstić information content (AvgIpc) is 3.18. The largest absolute Gasteiger partial charge is 0.461 e. The monoisotopic (exact) mass is 502 g/mol. The Kier molecular flexibility index (Phi) is 5.69. The maximum atomic E-state index is 14.5. The number of aliphatic hydroxyl groups excluding tert-OH is 1. The first kappa shape index (κ1) is 23.9. The van der Waals surface area contributed by atoms with Gasteiger partial charge in [-0.2, -0.15) is 0 Å². The molecule has 6 rings (SSSR count). The zero-order valence-corrected chi connectivity index (χ0v) is 20.8. The molecule has 2 amide bonds. The Morgan fingerprint density at radius 2 is 1.84 bits per heavy atom. The molecule has 8 nitrogen and oxygen atoms in total. The summed E-state index contributed by atoms with van der Waals surface area (Å²) in [5.74, 6) is -3.10. The second kappa shape index (κ2) is 8.82. The molecule has 2 saturated heterocycles. The summed E-state index contributed by atoms with van der Waals surface area (Å²) in [7, 11) is 0. The number of cyclic esters (lactones) is 1. The maximum absolute atomic E-state index is 14.5. The van der Waals surface area contributed by atoms with Crippen LogP contribution in [0.15, 0.2) is 66.8 Å². The SMILES string of the molecule is CC(C)[C@H](CO)N1C(=O)[C@@H]2[C@H]3C(=O)OCC=C[C@H]3O[C@@]23C=CCN(c2ccc4ccccc4c2)C(=O)C13. The molecule has 37 heavy (non-hydrogen) atoms. The summed E-state index contributed by atoms with van der Waals surface area (Å²) in [6.45, 7) is 3.90. The van der Waals surface area contributed by atoms with Crippen LogP contribution in [-0.4, -0.2) is 71.3 Å². The van der Waals surface area contributed by atoms with Crippen molar-refractivity contribution >= 4 is 34.2 Å². The van der Waals surface area contributed by atoms with Gasteiger partial charge in [0.25, 0.3) is 5.91 Å². The molecule has 2 fully saturated rings. The second-order valence-corrected chi connectivity index (χ2v) is 10.5. The molecule has 0 radical (unpaired) electrons. The van der Waals surface area contributed by atoms with Crippen molar-refractivity contribution in [3.63, 3.8) is 0 Å². The third-order valence-electron chi connectivity index (χ3n) is 8.21. The fourth-order valence-corrected chi connectivity index (χ4v) is 6.46. The molecule has 1 spiro atoms. The minimum absolute atomic E-state index is 0.117. The first-order valence-corrected chi connectivity index (χ1v) is 12.8. The Balaban J connectivity index is 1.49. The van der Waals surface area contributed by atoms with Crippen LogP contribution in [0.1, 0.15) is 13.8 Å². The van der Waals surface area contributed by atoms with E-state index in [0.29, 0.717) is 5.69 Å². The molecule has 4 heterocycles. The molecule has 2 aromatic carbocycles. The molecular weight excluding hydrogens is 472 g/mol. The predicted octanol–water partition coefficient (Wildman–Crippen LogP) is 2.45. The van der Waals surface area contributed by atoms with Crippen molar-refractivity contribution in [3.05, 3.63) is 66.8 Å². The van der Waals surface area contributed by atoms with Gasteiger partial charge >= 0.3 is 5.97 Å². The summed E-state index contributed by atoms with van der Waals surface area (Å²) in [6.07, 6.45) is 6.44. The van der Waals surface area contributed by atoms with Crippen molar-refractivity contribution in [2.24, 2.45) is 17.8 Å². The van der Waals surface area contributed by atoms with Gasteiger partial charge in [-0.05, 0) is 34.9 Å². The number of benzene rings is 2. The third kappa shape index (κ3) is 3.46. The van der Waals surface area contributed by atoms with Crippen molar-refractivity contribution in [2.75, 3.05) is 24.7 Å². The van der Waals surface area contributed by atoms with Crippen molar-refractivity contribution in [1.29, 1.82) is 0 Å². The van der Waals surface area contributed by atoms with E-state index >= 15 is 0 Å². The molecule has 0 saturated carbocycles. The average molecular weight is 503 g/mol. The maximum Gasteiger partial charge on any atom is 0.313 e. The molecule has 0 bridgehead atoms. The van der Waals surface area contributed by atoms with Crippen LogP contribution in [-0.2, 0) is 23.9 Å². The van der Waals surface area contributed by atoms with E-state index in [4.69, 9.17) is 9.47 Å². The van der Waals surface area contributed by atoms with E-state index in [1.165, 1.54) is 4.90 Å². The summed E-state index contributed by atoms with van der Waals surface area (Å²) >= 11 is 0. The molecular formula is C29H30N2O6. The first-order valence-electron chi connectivity index (χ1n) is 12.8. The van der Waals surface area contributed by atoms with Crippen LogP contribution in [0, 0.1) is 17.8 Å².